The van der Waals surface area contributed by atoms with E-state index in [2.05, 4.69) is 0 Å². The molecular formula is C19H14F9NO3. The van der Waals surface area contributed by atoms with E-state index in [1.807, 2.05) is 0 Å². The Bertz CT molecular complexity index is 1050. The van der Waals surface area contributed by atoms with E-state index in [1.165, 1.54) is 12.1 Å². The lowest BCUT2D eigenvalue weighted by Gasteiger charge is -2.44. The third-order valence-corrected chi connectivity index (χ3v) is 5.20. The van der Waals surface area contributed by atoms with Gasteiger partial charge in [0.15, 0.2) is 5.60 Å². The van der Waals surface area contributed by atoms with Gasteiger partial charge in [-0.1, -0.05) is 6.07 Å². The molecule has 1 aliphatic heterocycles. The van der Waals surface area contributed by atoms with Crippen LogP contribution in [0.4, 0.5) is 39.5 Å². The summed E-state index contributed by atoms with van der Waals surface area (Å²) in [6.45, 7) is -3.27. The van der Waals surface area contributed by atoms with Crippen LogP contribution in [0.1, 0.15) is 17.2 Å². The largest absolute Gasteiger partial charge is 0.479 e. The van der Waals surface area contributed by atoms with Gasteiger partial charge < -0.3 is 14.4 Å². The van der Waals surface area contributed by atoms with Gasteiger partial charge in [0.1, 0.15) is 25.2 Å². The van der Waals surface area contributed by atoms with Crippen LogP contribution in [0, 0.1) is 0 Å². The molecule has 2 aromatic rings. The molecule has 0 bridgehead atoms. The molecule has 0 unspecified atom stereocenters. The number of halogens is 9. The van der Waals surface area contributed by atoms with E-state index in [4.69, 9.17) is 4.74 Å². The Morgan fingerprint density at radius 2 is 1.62 bits per heavy atom. The summed E-state index contributed by atoms with van der Waals surface area (Å²) in [6.07, 6.45) is -7.82. The second-order valence-corrected chi connectivity index (χ2v) is 7.17. The van der Waals surface area contributed by atoms with Crippen LogP contribution in [0.2, 0.25) is 0 Å². The molecule has 0 fully saturated rings. The van der Waals surface area contributed by atoms with Gasteiger partial charge in [-0.15, -0.1) is 0 Å². The second kappa shape index (κ2) is 7.71. The summed E-state index contributed by atoms with van der Waals surface area (Å²) in [4.78, 5) is 12.2. The number of fused-ring (bicyclic) bond motifs is 1. The van der Waals surface area contributed by atoms with Crippen molar-refractivity contribution in [2.24, 2.45) is 0 Å². The summed E-state index contributed by atoms with van der Waals surface area (Å²) >= 11 is 0. The lowest BCUT2D eigenvalue weighted by Crippen LogP contribution is -2.59. The zero-order chi connectivity index (χ0) is 24.1. The Kier molecular flexibility index (Phi) is 5.77. The molecule has 176 valence electrons. The number of ether oxygens (including phenoxy) is 1. The number of aromatic nitrogens is 1. The van der Waals surface area contributed by atoms with Gasteiger partial charge >= 0.3 is 18.0 Å². The lowest BCUT2D eigenvalue weighted by atomic mass is 9.84. The standard InChI is InChI=1S/C19H14F9NO3/c20-8-16(9-21)15(31)14(29-6-2-1-3-13(29)30)11-7-10(4-5-12(11)32-16)17(22,23)18(24,25)19(26,27)28/h1-7,14-15,31H,8-9H2/t14-,15+/m0/s1. The second-order valence-electron chi connectivity index (χ2n) is 7.17. The van der Waals surface area contributed by atoms with Crippen molar-refractivity contribution in [3.8, 4) is 5.75 Å². The number of nitrogens with zero attached hydrogens (tertiary/aromatic N) is 1. The van der Waals surface area contributed by atoms with Crippen LogP contribution in [-0.4, -0.2) is 46.8 Å². The highest BCUT2D eigenvalue weighted by molar-refractivity contribution is 5.45. The predicted molar refractivity (Wildman–Crippen MR) is 91.5 cm³/mol. The minimum absolute atomic E-state index is 0.183. The number of alkyl halides is 9. The number of benzene rings is 1. The monoisotopic (exact) mass is 475 g/mol. The van der Waals surface area contributed by atoms with Crippen LogP contribution < -0.4 is 10.3 Å². The van der Waals surface area contributed by atoms with E-state index in [-0.39, 0.29) is 12.1 Å². The highest BCUT2D eigenvalue weighted by Gasteiger charge is 2.73. The quantitative estimate of drug-likeness (QED) is 0.662. The van der Waals surface area contributed by atoms with Crippen LogP contribution >= 0.6 is 0 Å². The highest BCUT2D eigenvalue weighted by Crippen LogP contribution is 2.53. The zero-order valence-corrected chi connectivity index (χ0v) is 15.7. The number of rotatable bonds is 5. The van der Waals surface area contributed by atoms with Crippen LogP contribution in [0.5, 0.6) is 5.75 Å². The van der Waals surface area contributed by atoms with Gasteiger partial charge in [-0.05, 0) is 24.3 Å². The Hall–Kier alpha value is -2.70. The Labute approximate surface area is 173 Å². The van der Waals surface area contributed by atoms with Gasteiger partial charge in [-0.2, -0.15) is 30.7 Å². The highest BCUT2D eigenvalue weighted by atomic mass is 19.4. The van der Waals surface area contributed by atoms with Gasteiger partial charge in [-0.25, -0.2) is 8.78 Å². The summed E-state index contributed by atoms with van der Waals surface area (Å²) in [6, 6.07) is 2.49. The number of aliphatic hydroxyl groups excluding tert-OH is 1. The van der Waals surface area contributed by atoms with Crippen molar-refractivity contribution in [1.29, 1.82) is 0 Å². The maximum atomic E-state index is 14.2. The predicted octanol–water partition coefficient (Wildman–Crippen LogP) is 4.16. The van der Waals surface area contributed by atoms with Crippen LogP contribution in [0.15, 0.2) is 47.4 Å². The maximum absolute atomic E-state index is 14.2. The van der Waals surface area contributed by atoms with Crippen molar-refractivity contribution in [1.82, 2.24) is 4.57 Å². The van der Waals surface area contributed by atoms with E-state index in [1.54, 1.807) is 0 Å². The first kappa shape index (κ1) is 24.0. The van der Waals surface area contributed by atoms with E-state index in [0.717, 1.165) is 12.3 Å². The molecule has 0 spiro atoms. The minimum atomic E-state index is -6.60. The summed E-state index contributed by atoms with van der Waals surface area (Å²) in [5, 5.41) is 10.6. The van der Waals surface area contributed by atoms with Crippen molar-refractivity contribution in [2.45, 2.75) is 35.8 Å². The molecule has 1 aliphatic rings. The Balaban J connectivity index is 2.26. The fourth-order valence-electron chi connectivity index (χ4n) is 3.38. The van der Waals surface area contributed by atoms with Crippen LogP contribution in [0.3, 0.4) is 0 Å². The first-order valence-electron chi connectivity index (χ1n) is 8.86. The summed E-state index contributed by atoms with van der Waals surface area (Å²) in [5.41, 5.74) is -5.91. The van der Waals surface area contributed by atoms with Crippen molar-refractivity contribution < 1.29 is 49.4 Å². The molecule has 1 N–H and O–H groups in total. The van der Waals surface area contributed by atoms with E-state index >= 15 is 0 Å². The number of aliphatic hydroxyl groups is 1. The molecule has 0 amide bonds. The van der Waals surface area contributed by atoms with Gasteiger partial charge in [0, 0.05) is 23.4 Å². The zero-order valence-electron chi connectivity index (χ0n) is 15.7. The average Bonchev–Trinajstić information content (AvgIpc) is 2.73. The van der Waals surface area contributed by atoms with Crippen LogP contribution in [0.25, 0.3) is 0 Å². The third kappa shape index (κ3) is 3.42. The molecule has 0 saturated heterocycles. The molecule has 13 heteroatoms. The molecule has 4 nitrogen and oxygen atoms in total. The van der Waals surface area contributed by atoms with Gasteiger partial charge in [0.2, 0.25) is 0 Å². The molecule has 0 radical (unpaired) electrons. The summed E-state index contributed by atoms with van der Waals surface area (Å²) in [7, 11) is 0. The fourth-order valence-corrected chi connectivity index (χ4v) is 3.38. The number of hydrogen-bond donors (Lipinski definition) is 1. The molecular weight excluding hydrogens is 461 g/mol. The summed E-state index contributed by atoms with van der Waals surface area (Å²) < 4.78 is 126. The molecule has 1 aromatic carbocycles. The Morgan fingerprint density at radius 1 is 1.00 bits per heavy atom. The van der Waals surface area contributed by atoms with Crippen molar-refractivity contribution >= 4 is 0 Å². The van der Waals surface area contributed by atoms with Crippen molar-refractivity contribution in [2.75, 3.05) is 13.3 Å². The molecule has 32 heavy (non-hydrogen) atoms. The fraction of sp³-hybridized carbons (Fsp3) is 0.421. The molecule has 0 saturated carbocycles. The molecule has 0 aliphatic carbocycles. The first-order chi connectivity index (χ1) is 14.7. The smallest absolute Gasteiger partial charge is 0.460 e. The van der Waals surface area contributed by atoms with Gasteiger partial charge in [-0.3, -0.25) is 4.79 Å². The van der Waals surface area contributed by atoms with Gasteiger partial charge in [0.05, 0.1) is 6.04 Å². The minimum Gasteiger partial charge on any atom is -0.479 e. The van der Waals surface area contributed by atoms with Gasteiger partial charge in [0.25, 0.3) is 5.56 Å². The normalized spacial score (nSPS) is 21.1. The van der Waals surface area contributed by atoms with Crippen molar-refractivity contribution in [3.63, 3.8) is 0 Å². The van der Waals surface area contributed by atoms with E-state index in [0.29, 0.717) is 10.6 Å². The lowest BCUT2D eigenvalue weighted by molar-refractivity contribution is -0.359. The topological polar surface area (TPSA) is 51.5 Å². The summed E-state index contributed by atoms with van der Waals surface area (Å²) in [5.74, 6) is -12.8. The number of pyridine rings is 1. The number of hydrogen-bond acceptors (Lipinski definition) is 3. The van der Waals surface area contributed by atoms with E-state index in [9.17, 15) is 49.4 Å². The Morgan fingerprint density at radius 3 is 2.16 bits per heavy atom. The first-order valence-corrected chi connectivity index (χ1v) is 8.86. The van der Waals surface area contributed by atoms with Crippen LogP contribution in [-0.2, 0) is 5.92 Å². The average molecular weight is 475 g/mol. The molecule has 1 aromatic heterocycles. The third-order valence-electron chi connectivity index (χ3n) is 5.20. The SMILES string of the molecule is O=c1ccccn1[C@H]1c2cc(C(F)(F)C(F)(F)C(F)(F)F)ccc2OC(CF)(CF)[C@@H]1O. The molecule has 2 atom stereocenters. The van der Waals surface area contributed by atoms with Crippen molar-refractivity contribution in [3.05, 3.63) is 64.1 Å². The maximum Gasteiger partial charge on any atom is 0.460 e. The molecule has 2 heterocycles. The van der Waals surface area contributed by atoms with E-state index < -0.39 is 71.6 Å². The molecule has 3 rings (SSSR count).